The number of methoxy groups -OCH3 is 1. The van der Waals surface area contributed by atoms with Crippen LogP contribution < -0.4 is 19.1 Å². The van der Waals surface area contributed by atoms with Crippen LogP contribution in [0, 0.1) is 6.92 Å². The first kappa shape index (κ1) is 25.0. The minimum Gasteiger partial charge on any atom is -0.497 e. The lowest BCUT2D eigenvalue weighted by Gasteiger charge is -2.34. The van der Waals surface area contributed by atoms with Gasteiger partial charge in [-0.15, -0.1) is 10.2 Å². The molecule has 0 bridgehead atoms. The Morgan fingerprint density at radius 2 is 1.84 bits per heavy atom. The number of benzene rings is 3. The number of ether oxygens (including phenoxy) is 2. The summed E-state index contributed by atoms with van der Waals surface area (Å²) in [6.07, 6.45) is -1.14. The van der Waals surface area contributed by atoms with Crippen LogP contribution in [0.15, 0.2) is 71.6 Å². The number of rotatable bonds is 6. The fraction of sp³-hybridized carbons (Fsp3) is 0.160. The highest BCUT2D eigenvalue weighted by molar-refractivity contribution is 7.92. The lowest BCUT2D eigenvalue weighted by atomic mass is 10.2. The predicted octanol–water partition coefficient (Wildman–Crippen LogP) is 4.77. The smallest absolute Gasteiger partial charge is 0.269 e. The minimum absolute atomic E-state index is 0.0957. The largest absolute Gasteiger partial charge is 0.497 e. The van der Waals surface area contributed by atoms with Crippen molar-refractivity contribution in [2.75, 3.05) is 23.3 Å². The standard InChI is InChI=1S/C25H21ClN4O5S2/c1-15-3-10-19(11-4-15)37(32,33)30-14-22(35-21-12-7-17(26)13-20(21)30)23(31)27-25-29-28-24(36-25)16-5-8-18(34-2)9-6-16/h3-13,22H,14H2,1-2H3,(H,27,29,31)/t22-/m1/s1. The van der Waals surface area contributed by atoms with Gasteiger partial charge in [-0.1, -0.05) is 40.6 Å². The highest BCUT2D eigenvalue weighted by Gasteiger charge is 2.38. The Bertz CT molecular complexity index is 1560. The number of halogens is 1. The third-order valence-electron chi connectivity index (χ3n) is 5.68. The van der Waals surface area contributed by atoms with E-state index < -0.39 is 22.0 Å². The molecule has 37 heavy (non-hydrogen) atoms. The molecule has 0 saturated carbocycles. The average Bonchev–Trinajstić information content (AvgIpc) is 3.36. The van der Waals surface area contributed by atoms with Crippen molar-refractivity contribution >= 4 is 49.7 Å². The van der Waals surface area contributed by atoms with Gasteiger partial charge in [-0.3, -0.25) is 14.4 Å². The van der Waals surface area contributed by atoms with Gasteiger partial charge >= 0.3 is 0 Å². The normalized spacial score (nSPS) is 15.0. The molecule has 0 radical (unpaired) electrons. The molecular weight excluding hydrogens is 536 g/mol. The molecule has 1 atom stereocenters. The predicted molar refractivity (Wildman–Crippen MR) is 142 cm³/mol. The van der Waals surface area contributed by atoms with E-state index in [0.29, 0.717) is 15.8 Å². The number of sulfonamides is 1. The van der Waals surface area contributed by atoms with Crippen molar-refractivity contribution in [1.29, 1.82) is 0 Å². The summed E-state index contributed by atoms with van der Waals surface area (Å²) in [6.45, 7) is 1.62. The molecule has 1 aliphatic rings. The van der Waals surface area contributed by atoms with E-state index in [4.69, 9.17) is 21.1 Å². The van der Waals surface area contributed by atoms with E-state index in [1.54, 1.807) is 43.5 Å². The summed E-state index contributed by atoms with van der Waals surface area (Å²) in [4.78, 5) is 13.3. The molecule has 1 N–H and O–H groups in total. The van der Waals surface area contributed by atoms with Gasteiger partial charge in [-0.25, -0.2) is 8.42 Å². The van der Waals surface area contributed by atoms with Gasteiger partial charge in [-0.2, -0.15) is 0 Å². The van der Waals surface area contributed by atoms with Crippen LogP contribution in [0.3, 0.4) is 0 Å². The topological polar surface area (TPSA) is 111 Å². The maximum atomic E-state index is 13.6. The lowest BCUT2D eigenvalue weighted by molar-refractivity contribution is -0.122. The fourth-order valence-electron chi connectivity index (χ4n) is 3.74. The van der Waals surface area contributed by atoms with Gasteiger partial charge < -0.3 is 9.47 Å². The Balaban J connectivity index is 1.40. The third-order valence-corrected chi connectivity index (χ3v) is 8.60. The second-order valence-corrected chi connectivity index (χ2v) is 11.5. The number of aromatic nitrogens is 2. The molecule has 4 aromatic rings. The summed E-state index contributed by atoms with van der Waals surface area (Å²) in [7, 11) is -2.42. The Hall–Kier alpha value is -3.67. The van der Waals surface area contributed by atoms with E-state index in [1.165, 1.54) is 29.5 Å². The van der Waals surface area contributed by atoms with Crippen LogP contribution in [0.1, 0.15) is 5.56 Å². The van der Waals surface area contributed by atoms with Gasteiger partial charge in [-0.05, 0) is 61.5 Å². The zero-order valence-electron chi connectivity index (χ0n) is 19.7. The van der Waals surface area contributed by atoms with Crippen molar-refractivity contribution < 1.29 is 22.7 Å². The fourth-order valence-corrected chi connectivity index (χ4v) is 6.12. The van der Waals surface area contributed by atoms with Crippen LogP contribution in [0.25, 0.3) is 10.6 Å². The molecule has 1 aromatic heterocycles. The molecule has 0 fully saturated rings. The zero-order chi connectivity index (χ0) is 26.2. The number of hydrogen-bond acceptors (Lipinski definition) is 8. The Morgan fingerprint density at radius 1 is 1.11 bits per heavy atom. The summed E-state index contributed by atoms with van der Waals surface area (Å²) in [6, 6.07) is 18.4. The van der Waals surface area contributed by atoms with Gasteiger partial charge in [0.2, 0.25) is 5.13 Å². The van der Waals surface area contributed by atoms with Crippen molar-refractivity contribution in [1.82, 2.24) is 10.2 Å². The summed E-state index contributed by atoms with van der Waals surface area (Å²) >= 11 is 7.34. The monoisotopic (exact) mass is 556 g/mol. The number of amides is 1. The van der Waals surface area contributed by atoms with Crippen LogP contribution in [0.5, 0.6) is 11.5 Å². The van der Waals surface area contributed by atoms with Crippen molar-refractivity contribution in [2.24, 2.45) is 0 Å². The average molecular weight is 557 g/mol. The second kappa shape index (κ2) is 10.0. The number of nitrogens with one attached hydrogen (secondary N) is 1. The number of hydrogen-bond donors (Lipinski definition) is 1. The van der Waals surface area contributed by atoms with Crippen LogP contribution >= 0.6 is 22.9 Å². The maximum Gasteiger partial charge on any atom is 0.269 e. The van der Waals surface area contributed by atoms with Gasteiger partial charge in [0, 0.05) is 10.6 Å². The second-order valence-electron chi connectivity index (χ2n) is 8.20. The quantitative estimate of drug-likeness (QED) is 0.364. The van der Waals surface area contributed by atoms with E-state index in [2.05, 4.69) is 15.5 Å². The molecule has 5 rings (SSSR count). The first-order valence-electron chi connectivity index (χ1n) is 11.1. The van der Waals surface area contributed by atoms with Gasteiger partial charge in [0.05, 0.1) is 24.2 Å². The molecule has 0 spiro atoms. The molecule has 12 heteroatoms. The molecular formula is C25H21ClN4O5S2. The third kappa shape index (κ3) is 5.10. The maximum absolute atomic E-state index is 13.6. The van der Waals surface area contributed by atoms with Gasteiger partial charge in [0.1, 0.15) is 16.5 Å². The molecule has 2 heterocycles. The van der Waals surface area contributed by atoms with E-state index in [-0.39, 0.29) is 28.0 Å². The van der Waals surface area contributed by atoms with Crippen molar-refractivity contribution in [3.63, 3.8) is 0 Å². The Morgan fingerprint density at radius 3 is 2.54 bits per heavy atom. The van der Waals surface area contributed by atoms with Crippen molar-refractivity contribution in [2.45, 2.75) is 17.9 Å². The SMILES string of the molecule is COc1ccc(-c2nnc(NC(=O)[C@H]3CN(S(=O)(=O)c4ccc(C)cc4)c4cc(Cl)ccc4O3)s2)cc1. The first-order valence-corrected chi connectivity index (χ1v) is 13.7. The molecule has 190 valence electrons. The molecule has 1 amide bonds. The van der Waals surface area contributed by atoms with Crippen LogP contribution in [0.4, 0.5) is 10.8 Å². The highest BCUT2D eigenvalue weighted by Crippen LogP contribution is 2.39. The first-order chi connectivity index (χ1) is 17.7. The summed E-state index contributed by atoms with van der Waals surface area (Å²) in [5.41, 5.74) is 2.00. The highest BCUT2D eigenvalue weighted by atomic mass is 35.5. The number of fused-ring (bicyclic) bond motifs is 1. The van der Waals surface area contributed by atoms with Gasteiger partial charge in [0.25, 0.3) is 15.9 Å². The zero-order valence-corrected chi connectivity index (χ0v) is 22.1. The summed E-state index contributed by atoms with van der Waals surface area (Å²) in [5, 5.41) is 12.1. The number of anilines is 2. The Kier molecular flexibility index (Phi) is 6.76. The Labute approximate surface area is 222 Å². The van der Waals surface area contributed by atoms with Crippen LogP contribution in [-0.2, 0) is 14.8 Å². The number of nitrogens with zero attached hydrogens (tertiary/aromatic N) is 3. The molecule has 1 aliphatic heterocycles. The van der Waals surface area contributed by atoms with Crippen molar-refractivity contribution in [3.05, 3.63) is 77.3 Å². The minimum atomic E-state index is -4.01. The van der Waals surface area contributed by atoms with Crippen LogP contribution in [-0.4, -0.2) is 44.3 Å². The van der Waals surface area contributed by atoms with E-state index in [1.807, 2.05) is 19.1 Å². The molecule has 0 saturated heterocycles. The molecule has 0 aliphatic carbocycles. The molecule has 9 nitrogen and oxygen atoms in total. The molecule has 0 unspecified atom stereocenters. The van der Waals surface area contributed by atoms with E-state index in [0.717, 1.165) is 15.4 Å². The summed E-state index contributed by atoms with van der Waals surface area (Å²) in [5.74, 6) is 0.382. The van der Waals surface area contributed by atoms with Crippen molar-refractivity contribution in [3.8, 4) is 22.1 Å². The van der Waals surface area contributed by atoms with E-state index in [9.17, 15) is 13.2 Å². The number of carbonyl (C=O) groups is 1. The summed E-state index contributed by atoms with van der Waals surface area (Å²) < 4.78 is 39.3. The van der Waals surface area contributed by atoms with Crippen LogP contribution in [0.2, 0.25) is 5.02 Å². The van der Waals surface area contributed by atoms with Gasteiger partial charge in [0.15, 0.2) is 6.10 Å². The number of carbonyl (C=O) groups excluding carboxylic acids is 1. The van der Waals surface area contributed by atoms with E-state index >= 15 is 0 Å². The number of aryl methyl sites for hydroxylation is 1. The molecule has 3 aromatic carbocycles. The lowest BCUT2D eigenvalue weighted by Crippen LogP contribution is -2.48.